The van der Waals surface area contributed by atoms with Gasteiger partial charge in [0.2, 0.25) is 17.7 Å². The summed E-state index contributed by atoms with van der Waals surface area (Å²) in [5.41, 5.74) is 0. The Morgan fingerprint density at radius 2 is 0.864 bits per heavy atom. The second-order valence-electron chi connectivity index (χ2n) is 10.1. The van der Waals surface area contributed by atoms with E-state index in [2.05, 4.69) is 16.0 Å². The maximum atomic E-state index is 12.4. The number of nitrogens with zero attached hydrogens (tertiary/aromatic N) is 4. The van der Waals surface area contributed by atoms with E-state index in [1.54, 1.807) is 0 Å². The highest BCUT2D eigenvalue weighted by Gasteiger charge is 2.26. The van der Waals surface area contributed by atoms with E-state index in [-0.39, 0.29) is 82.3 Å². The van der Waals surface area contributed by atoms with Gasteiger partial charge in [0.05, 0.1) is 0 Å². The van der Waals surface area contributed by atoms with Crippen molar-refractivity contribution in [1.82, 2.24) is 35.6 Å². The fraction of sp³-hybridized carbons (Fsp3) is 0.464. The largest absolute Gasteiger partial charge is 0.355 e. The zero-order valence-electron chi connectivity index (χ0n) is 24.3. The molecule has 3 aliphatic rings. The Hall–Kier alpha value is -4.99. The molecule has 0 aromatic carbocycles. The van der Waals surface area contributed by atoms with E-state index in [4.69, 9.17) is 0 Å². The van der Waals surface area contributed by atoms with E-state index in [0.29, 0.717) is 13.1 Å². The molecular formula is C28H35N7O9. The fourth-order valence-corrected chi connectivity index (χ4v) is 4.48. The highest BCUT2D eigenvalue weighted by molar-refractivity contribution is 6.14. The van der Waals surface area contributed by atoms with Gasteiger partial charge in [-0.05, 0) is 6.92 Å². The predicted octanol–water partition coefficient (Wildman–Crippen LogP) is -3.03. The summed E-state index contributed by atoms with van der Waals surface area (Å²) in [7, 11) is 0. The topological polar surface area (TPSA) is 203 Å². The van der Waals surface area contributed by atoms with Crippen molar-refractivity contribution in [2.75, 3.05) is 52.4 Å². The van der Waals surface area contributed by atoms with Crippen LogP contribution in [-0.2, 0) is 43.2 Å². The van der Waals surface area contributed by atoms with Crippen LogP contribution in [0.4, 0.5) is 0 Å². The number of carbonyl (C=O) groups excluding carboxylic acids is 9. The van der Waals surface area contributed by atoms with Gasteiger partial charge < -0.3 is 16.0 Å². The fourth-order valence-electron chi connectivity index (χ4n) is 4.48. The maximum Gasteiger partial charge on any atom is 0.253 e. The molecule has 0 aliphatic carbocycles. The molecule has 0 saturated carbocycles. The van der Waals surface area contributed by atoms with Gasteiger partial charge in [-0.1, -0.05) is 0 Å². The van der Waals surface area contributed by atoms with Crippen LogP contribution in [0.5, 0.6) is 0 Å². The number of amides is 9. The van der Waals surface area contributed by atoms with Crippen molar-refractivity contribution in [2.24, 2.45) is 0 Å². The quantitative estimate of drug-likeness (QED) is 0.134. The van der Waals surface area contributed by atoms with Crippen molar-refractivity contribution in [3.05, 3.63) is 36.5 Å². The van der Waals surface area contributed by atoms with E-state index in [1.807, 2.05) is 11.8 Å². The molecule has 0 spiro atoms. The average molecular weight is 614 g/mol. The molecule has 1 atom stereocenters. The lowest BCUT2D eigenvalue weighted by Gasteiger charge is -2.29. The molecule has 0 aromatic heterocycles. The lowest BCUT2D eigenvalue weighted by molar-refractivity contribution is -0.139. The van der Waals surface area contributed by atoms with Crippen molar-refractivity contribution < 1.29 is 43.2 Å². The highest BCUT2D eigenvalue weighted by Crippen LogP contribution is 2.06. The Kier molecular flexibility index (Phi) is 12.2. The van der Waals surface area contributed by atoms with E-state index in [9.17, 15) is 43.2 Å². The van der Waals surface area contributed by atoms with Crippen LogP contribution in [0.25, 0.3) is 0 Å². The smallest absolute Gasteiger partial charge is 0.253 e. The zero-order chi connectivity index (χ0) is 32.2. The Morgan fingerprint density at radius 1 is 0.568 bits per heavy atom. The first-order valence-electron chi connectivity index (χ1n) is 14.1. The summed E-state index contributed by atoms with van der Waals surface area (Å²) < 4.78 is 0. The standard InChI is InChI=1S/C28H35N7O9/c1-19(18-31-22(38)10-15-35-27(43)6-7-28(35)44)32(16-11-29-20(36)8-13-33-23(39)2-3-24(33)40)17-12-30-21(37)9-14-34-25(41)4-5-26(34)42/h2-7,19H,8-18H2,1H3,(H,29,36)(H,30,37)(H,31,38). The van der Waals surface area contributed by atoms with Crippen LogP contribution in [0.2, 0.25) is 0 Å². The van der Waals surface area contributed by atoms with Crippen molar-refractivity contribution >= 4 is 53.2 Å². The minimum absolute atomic E-state index is 0.0515. The first-order valence-corrected chi connectivity index (χ1v) is 14.1. The first-order chi connectivity index (χ1) is 21.0. The number of nitrogens with one attached hydrogen (secondary N) is 3. The number of imide groups is 3. The van der Waals surface area contributed by atoms with E-state index >= 15 is 0 Å². The number of rotatable bonds is 18. The molecule has 3 heterocycles. The van der Waals surface area contributed by atoms with Gasteiger partial charge in [0, 0.05) is 114 Å². The molecular weight excluding hydrogens is 578 g/mol. The van der Waals surface area contributed by atoms with Crippen molar-refractivity contribution in [3.8, 4) is 0 Å². The Morgan fingerprint density at radius 3 is 1.18 bits per heavy atom. The molecule has 0 aromatic rings. The lowest BCUT2D eigenvalue weighted by Crippen LogP contribution is -2.48. The van der Waals surface area contributed by atoms with Crippen LogP contribution < -0.4 is 16.0 Å². The van der Waals surface area contributed by atoms with E-state index in [1.165, 1.54) is 0 Å². The van der Waals surface area contributed by atoms with Crippen LogP contribution in [0, 0.1) is 0 Å². The van der Waals surface area contributed by atoms with Gasteiger partial charge >= 0.3 is 0 Å². The number of carbonyl (C=O) groups is 9. The molecule has 0 fully saturated rings. The summed E-state index contributed by atoms with van der Waals surface area (Å²) in [4.78, 5) is 112. The second-order valence-corrected chi connectivity index (χ2v) is 10.1. The average Bonchev–Trinajstić information content (AvgIpc) is 3.61. The van der Waals surface area contributed by atoms with Gasteiger partial charge in [-0.15, -0.1) is 0 Å². The number of hydrogen-bond donors (Lipinski definition) is 3. The second kappa shape index (κ2) is 16.0. The molecule has 44 heavy (non-hydrogen) atoms. The van der Waals surface area contributed by atoms with Gasteiger partial charge in [-0.2, -0.15) is 0 Å². The van der Waals surface area contributed by atoms with Crippen molar-refractivity contribution in [3.63, 3.8) is 0 Å². The molecule has 3 rings (SSSR count). The minimum Gasteiger partial charge on any atom is -0.355 e. The van der Waals surface area contributed by atoms with Crippen LogP contribution >= 0.6 is 0 Å². The van der Waals surface area contributed by atoms with Crippen molar-refractivity contribution in [2.45, 2.75) is 32.2 Å². The SMILES string of the molecule is CC(CNC(=O)CCN1C(=O)C=CC1=O)N(CCNC(=O)CCN1C(=O)C=CC1=O)CCNC(=O)CCN1C(=O)C=CC1=O. The molecule has 3 N–H and O–H groups in total. The van der Waals surface area contributed by atoms with E-state index in [0.717, 1.165) is 51.2 Å². The molecule has 0 bridgehead atoms. The Labute approximate surface area is 253 Å². The van der Waals surface area contributed by atoms with Gasteiger partial charge in [-0.3, -0.25) is 62.8 Å². The third kappa shape index (κ3) is 9.79. The lowest BCUT2D eigenvalue weighted by atomic mass is 10.2. The Bertz CT molecular complexity index is 1190. The highest BCUT2D eigenvalue weighted by atomic mass is 16.2. The summed E-state index contributed by atoms with van der Waals surface area (Å²) in [5.74, 6) is -3.95. The third-order valence-electron chi connectivity index (χ3n) is 7.05. The summed E-state index contributed by atoms with van der Waals surface area (Å²) in [5, 5.41) is 8.22. The molecule has 16 heteroatoms. The van der Waals surface area contributed by atoms with Gasteiger partial charge in [0.1, 0.15) is 0 Å². The predicted molar refractivity (Wildman–Crippen MR) is 151 cm³/mol. The van der Waals surface area contributed by atoms with Gasteiger partial charge in [0.15, 0.2) is 0 Å². The molecule has 1 unspecified atom stereocenters. The maximum absolute atomic E-state index is 12.4. The normalized spacial score (nSPS) is 16.6. The molecule has 0 saturated heterocycles. The Balaban J connectivity index is 1.44. The zero-order valence-corrected chi connectivity index (χ0v) is 24.3. The minimum atomic E-state index is -0.475. The summed E-state index contributed by atoms with van der Waals surface area (Å²) in [6.07, 6.45) is 6.63. The van der Waals surface area contributed by atoms with Crippen molar-refractivity contribution in [1.29, 1.82) is 0 Å². The molecule has 9 amide bonds. The third-order valence-corrected chi connectivity index (χ3v) is 7.05. The monoisotopic (exact) mass is 613 g/mol. The molecule has 16 nitrogen and oxygen atoms in total. The first kappa shape index (κ1) is 33.5. The summed E-state index contributed by atoms with van der Waals surface area (Å²) in [6, 6.07) is -0.263. The van der Waals surface area contributed by atoms with Gasteiger partial charge in [-0.25, -0.2) is 0 Å². The van der Waals surface area contributed by atoms with Crippen LogP contribution in [0.1, 0.15) is 26.2 Å². The summed E-state index contributed by atoms with van der Waals surface area (Å²) >= 11 is 0. The molecule has 3 aliphatic heterocycles. The van der Waals surface area contributed by atoms with Gasteiger partial charge in [0.25, 0.3) is 35.4 Å². The molecule has 0 radical (unpaired) electrons. The summed E-state index contributed by atoms with van der Waals surface area (Å²) in [6.45, 7) is 2.92. The van der Waals surface area contributed by atoms with Crippen LogP contribution in [-0.4, -0.2) is 131 Å². The van der Waals surface area contributed by atoms with E-state index < -0.39 is 35.4 Å². The van der Waals surface area contributed by atoms with Crippen LogP contribution in [0.3, 0.4) is 0 Å². The molecule has 236 valence electrons. The van der Waals surface area contributed by atoms with Crippen LogP contribution in [0.15, 0.2) is 36.5 Å². The number of hydrogen-bond acceptors (Lipinski definition) is 10.